The second kappa shape index (κ2) is 8.33. The average Bonchev–Trinajstić information content (AvgIpc) is 2.67. The van der Waals surface area contributed by atoms with Crippen molar-refractivity contribution in [2.75, 3.05) is 0 Å². The fourth-order valence-electron chi connectivity index (χ4n) is 3.89. The molecule has 0 saturated heterocycles. The molecule has 25 heavy (non-hydrogen) atoms. The van der Waals surface area contributed by atoms with Crippen LogP contribution in [0, 0.1) is 5.92 Å². The summed E-state index contributed by atoms with van der Waals surface area (Å²) in [5.41, 5.74) is 2.60. The number of carbonyl (C=O) groups is 1. The van der Waals surface area contributed by atoms with Crippen LogP contribution >= 0.6 is 0 Å². The lowest BCUT2D eigenvalue weighted by molar-refractivity contribution is 0.103. The van der Waals surface area contributed by atoms with E-state index < -0.39 is 0 Å². The minimum Gasteiger partial charge on any atom is -0.508 e. The molecule has 1 aliphatic rings. The molecule has 2 aromatic carbocycles. The largest absolute Gasteiger partial charge is 0.508 e. The predicted octanol–water partition coefficient (Wildman–Crippen LogP) is 6.09. The highest BCUT2D eigenvalue weighted by Crippen LogP contribution is 2.31. The van der Waals surface area contributed by atoms with Crippen LogP contribution in [0.1, 0.15) is 79.3 Å². The summed E-state index contributed by atoms with van der Waals surface area (Å²) in [5, 5.41) is 9.38. The van der Waals surface area contributed by atoms with E-state index in [9.17, 15) is 9.90 Å². The number of phenolic OH excluding ortho intramolecular Hbond substituents is 1. The third-order valence-corrected chi connectivity index (χ3v) is 5.58. The predicted molar refractivity (Wildman–Crippen MR) is 102 cm³/mol. The normalized spacial score (nSPS) is 16.5. The van der Waals surface area contributed by atoms with Crippen LogP contribution in [0.3, 0.4) is 0 Å². The van der Waals surface area contributed by atoms with Gasteiger partial charge in [0.15, 0.2) is 5.78 Å². The molecule has 1 unspecified atom stereocenters. The zero-order chi connectivity index (χ0) is 17.6. The molecule has 2 nitrogen and oxygen atoms in total. The molecule has 1 aliphatic carbocycles. The van der Waals surface area contributed by atoms with Gasteiger partial charge in [-0.1, -0.05) is 57.2 Å². The molecule has 0 amide bonds. The Balaban J connectivity index is 1.65. The van der Waals surface area contributed by atoms with E-state index in [1.54, 1.807) is 24.3 Å². The summed E-state index contributed by atoms with van der Waals surface area (Å²) in [6.45, 7) is 2.27. The molecule has 3 rings (SSSR count). The number of hydrogen-bond acceptors (Lipinski definition) is 2. The highest BCUT2D eigenvalue weighted by Gasteiger charge is 2.16. The SMILES string of the molecule is CC(CCC1CCCCC1)c1cccc(C(=O)c2ccc(O)cc2)c1. The molecule has 2 aromatic rings. The first-order chi connectivity index (χ1) is 12.1. The molecule has 2 heteroatoms. The van der Waals surface area contributed by atoms with E-state index in [-0.39, 0.29) is 11.5 Å². The third-order valence-electron chi connectivity index (χ3n) is 5.58. The molecule has 0 bridgehead atoms. The Kier molecular flexibility index (Phi) is 5.91. The van der Waals surface area contributed by atoms with Crippen molar-refractivity contribution < 1.29 is 9.90 Å². The van der Waals surface area contributed by atoms with Crippen LogP contribution in [0.15, 0.2) is 48.5 Å². The molecular weight excluding hydrogens is 308 g/mol. The van der Waals surface area contributed by atoms with E-state index in [2.05, 4.69) is 13.0 Å². The first kappa shape index (κ1) is 17.7. The van der Waals surface area contributed by atoms with Gasteiger partial charge in [-0.05, 0) is 60.6 Å². The Morgan fingerprint density at radius 1 is 1.04 bits per heavy atom. The fourth-order valence-corrected chi connectivity index (χ4v) is 3.89. The lowest BCUT2D eigenvalue weighted by Crippen LogP contribution is -2.08. The van der Waals surface area contributed by atoms with Crippen LogP contribution in [0.25, 0.3) is 0 Å². The van der Waals surface area contributed by atoms with Gasteiger partial charge in [-0.2, -0.15) is 0 Å². The Bertz CT molecular complexity index is 696. The van der Waals surface area contributed by atoms with Crippen molar-refractivity contribution in [2.24, 2.45) is 5.92 Å². The van der Waals surface area contributed by atoms with Crippen molar-refractivity contribution in [3.63, 3.8) is 0 Å². The molecule has 0 spiro atoms. The number of phenols is 1. The van der Waals surface area contributed by atoms with Gasteiger partial charge in [-0.25, -0.2) is 0 Å². The van der Waals surface area contributed by atoms with E-state index in [1.807, 2.05) is 18.2 Å². The number of hydrogen-bond donors (Lipinski definition) is 1. The summed E-state index contributed by atoms with van der Waals surface area (Å²) in [4.78, 5) is 12.7. The average molecular weight is 336 g/mol. The molecule has 1 fully saturated rings. The molecule has 0 aromatic heterocycles. The summed E-state index contributed by atoms with van der Waals surface area (Å²) in [6.07, 6.45) is 9.50. The highest BCUT2D eigenvalue weighted by molar-refractivity contribution is 6.09. The lowest BCUT2D eigenvalue weighted by Gasteiger charge is -2.23. The van der Waals surface area contributed by atoms with Gasteiger partial charge >= 0.3 is 0 Å². The van der Waals surface area contributed by atoms with Gasteiger partial charge in [0.25, 0.3) is 0 Å². The summed E-state index contributed by atoms with van der Waals surface area (Å²) >= 11 is 0. The Morgan fingerprint density at radius 2 is 1.76 bits per heavy atom. The van der Waals surface area contributed by atoms with Gasteiger partial charge in [0.2, 0.25) is 0 Å². The third kappa shape index (κ3) is 4.72. The highest BCUT2D eigenvalue weighted by atomic mass is 16.3. The van der Waals surface area contributed by atoms with E-state index in [0.717, 1.165) is 11.5 Å². The van der Waals surface area contributed by atoms with Crippen molar-refractivity contribution in [2.45, 2.75) is 57.8 Å². The Hall–Kier alpha value is -2.09. The zero-order valence-corrected chi connectivity index (χ0v) is 15.1. The monoisotopic (exact) mass is 336 g/mol. The molecule has 1 N–H and O–H groups in total. The summed E-state index contributed by atoms with van der Waals surface area (Å²) in [6, 6.07) is 14.5. The molecule has 1 atom stereocenters. The van der Waals surface area contributed by atoms with Crippen LogP contribution in [-0.2, 0) is 0 Å². The quantitative estimate of drug-likeness (QED) is 0.648. The summed E-state index contributed by atoms with van der Waals surface area (Å²) in [7, 11) is 0. The van der Waals surface area contributed by atoms with Crippen LogP contribution in [0.4, 0.5) is 0 Å². The van der Waals surface area contributed by atoms with E-state index in [4.69, 9.17) is 0 Å². The molecule has 0 heterocycles. The molecule has 0 radical (unpaired) electrons. The maximum absolute atomic E-state index is 12.7. The van der Waals surface area contributed by atoms with Crippen molar-refractivity contribution in [1.82, 2.24) is 0 Å². The zero-order valence-electron chi connectivity index (χ0n) is 15.1. The summed E-state index contributed by atoms with van der Waals surface area (Å²) < 4.78 is 0. The molecule has 0 aliphatic heterocycles. The first-order valence-corrected chi connectivity index (χ1v) is 9.57. The van der Waals surface area contributed by atoms with E-state index in [1.165, 1.54) is 50.5 Å². The maximum Gasteiger partial charge on any atom is 0.193 e. The van der Waals surface area contributed by atoms with Gasteiger partial charge in [-0.3, -0.25) is 4.79 Å². The number of carbonyl (C=O) groups excluding carboxylic acids is 1. The summed E-state index contributed by atoms with van der Waals surface area (Å²) in [5.74, 6) is 1.58. The van der Waals surface area contributed by atoms with E-state index in [0.29, 0.717) is 11.5 Å². The van der Waals surface area contributed by atoms with E-state index >= 15 is 0 Å². The van der Waals surface area contributed by atoms with Crippen molar-refractivity contribution in [3.8, 4) is 5.75 Å². The van der Waals surface area contributed by atoms with Gasteiger partial charge in [0, 0.05) is 11.1 Å². The molecule has 132 valence electrons. The first-order valence-electron chi connectivity index (χ1n) is 9.57. The number of benzene rings is 2. The van der Waals surface area contributed by atoms with Crippen molar-refractivity contribution >= 4 is 5.78 Å². The minimum absolute atomic E-state index is 0.0151. The smallest absolute Gasteiger partial charge is 0.193 e. The van der Waals surface area contributed by atoms with Gasteiger partial charge in [0.1, 0.15) is 5.75 Å². The van der Waals surface area contributed by atoms with Crippen LogP contribution < -0.4 is 0 Å². The topological polar surface area (TPSA) is 37.3 Å². The van der Waals surface area contributed by atoms with Crippen molar-refractivity contribution in [3.05, 3.63) is 65.2 Å². The van der Waals surface area contributed by atoms with Gasteiger partial charge < -0.3 is 5.11 Å². The fraction of sp³-hybridized carbons (Fsp3) is 0.435. The van der Waals surface area contributed by atoms with Crippen molar-refractivity contribution in [1.29, 1.82) is 0 Å². The molecular formula is C23H28O2. The number of aromatic hydroxyl groups is 1. The van der Waals surface area contributed by atoms with Crippen LogP contribution in [0.5, 0.6) is 5.75 Å². The van der Waals surface area contributed by atoms with Gasteiger partial charge in [0.05, 0.1) is 0 Å². The van der Waals surface area contributed by atoms with Crippen LogP contribution in [0.2, 0.25) is 0 Å². The minimum atomic E-state index is 0.0151. The Morgan fingerprint density at radius 3 is 2.48 bits per heavy atom. The maximum atomic E-state index is 12.7. The second-order valence-corrected chi connectivity index (χ2v) is 7.48. The number of ketones is 1. The Labute approximate surface area is 150 Å². The number of rotatable bonds is 6. The van der Waals surface area contributed by atoms with Gasteiger partial charge in [-0.15, -0.1) is 0 Å². The lowest BCUT2D eigenvalue weighted by atomic mass is 9.83. The standard InChI is InChI=1S/C23H28O2/c1-17(10-11-18-6-3-2-4-7-18)20-8-5-9-21(16-20)23(25)19-12-14-22(24)15-13-19/h5,8-9,12-18,24H,2-4,6-7,10-11H2,1H3. The second-order valence-electron chi connectivity index (χ2n) is 7.48. The van der Waals surface area contributed by atoms with Crippen LogP contribution in [-0.4, -0.2) is 10.9 Å². The molecule has 1 saturated carbocycles.